The largest absolute Gasteiger partial charge is 0.465 e. The Labute approximate surface area is 181 Å². The second kappa shape index (κ2) is 19.2. The van der Waals surface area contributed by atoms with E-state index in [-0.39, 0.29) is 5.54 Å². The fraction of sp³-hybridized carbons (Fsp3) is 0.960. The van der Waals surface area contributed by atoms with E-state index in [9.17, 15) is 9.90 Å². The summed E-state index contributed by atoms with van der Waals surface area (Å²) in [6, 6.07) is 0. The van der Waals surface area contributed by atoms with Gasteiger partial charge in [-0.05, 0) is 25.7 Å². The maximum absolute atomic E-state index is 11.2. The van der Waals surface area contributed by atoms with E-state index >= 15 is 0 Å². The molecule has 0 aromatic heterocycles. The van der Waals surface area contributed by atoms with Crippen molar-refractivity contribution in [3.05, 3.63) is 0 Å². The first-order chi connectivity index (χ1) is 13.9. The summed E-state index contributed by atoms with van der Waals surface area (Å²) in [4.78, 5) is 11.2. The third kappa shape index (κ3) is 19.0. The molecule has 0 aliphatic heterocycles. The molecule has 2 atom stereocenters. The van der Waals surface area contributed by atoms with Gasteiger partial charge in [-0.3, -0.25) is 0 Å². The third-order valence-electron chi connectivity index (χ3n) is 5.99. The van der Waals surface area contributed by atoms with Crippen molar-refractivity contribution in [2.24, 2.45) is 5.92 Å². The smallest absolute Gasteiger partial charge is 0.405 e. The number of methoxy groups -OCH3 is 1. The Morgan fingerprint density at radius 3 is 1.66 bits per heavy atom. The molecule has 0 rings (SSSR count). The molecule has 4 heteroatoms. The van der Waals surface area contributed by atoms with Crippen LogP contribution in [0.4, 0.5) is 4.79 Å². The number of hydrogen-bond donors (Lipinski definition) is 2. The summed E-state index contributed by atoms with van der Waals surface area (Å²) >= 11 is 0. The van der Waals surface area contributed by atoms with E-state index < -0.39 is 6.09 Å². The topological polar surface area (TPSA) is 58.6 Å². The quantitative estimate of drug-likeness (QED) is 0.188. The number of amides is 1. The van der Waals surface area contributed by atoms with Gasteiger partial charge in [0, 0.05) is 19.3 Å². The van der Waals surface area contributed by atoms with Gasteiger partial charge in [0.2, 0.25) is 0 Å². The van der Waals surface area contributed by atoms with E-state index in [0.717, 1.165) is 19.3 Å². The average Bonchev–Trinajstić information content (AvgIpc) is 2.64. The van der Waals surface area contributed by atoms with Gasteiger partial charge in [0.1, 0.15) is 0 Å². The van der Waals surface area contributed by atoms with Crippen LogP contribution in [0.15, 0.2) is 0 Å². The number of ether oxygens (including phenoxy) is 1. The number of hydrogen-bond acceptors (Lipinski definition) is 2. The van der Waals surface area contributed by atoms with Gasteiger partial charge in [-0.2, -0.15) is 0 Å². The van der Waals surface area contributed by atoms with Crippen molar-refractivity contribution in [2.75, 3.05) is 13.7 Å². The zero-order chi connectivity index (χ0) is 21.8. The summed E-state index contributed by atoms with van der Waals surface area (Å²) in [6.45, 7) is 7.11. The molecular formula is C25H51NO3. The van der Waals surface area contributed by atoms with E-state index in [0.29, 0.717) is 12.5 Å². The fourth-order valence-corrected chi connectivity index (χ4v) is 4.47. The Kier molecular flexibility index (Phi) is 18.7. The van der Waals surface area contributed by atoms with E-state index in [2.05, 4.69) is 19.2 Å². The lowest BCUT2D eigenvalue weighted by molar-refractivity contribution is 0.127. The van der Waals surface area contributed by atoms with E-state index in [4.69, 9.17) is 4.74 Å². The minimum Gasteiger partial charge on any atom is -0.465 e. The van der Waals surface area contributed by atoms with Gasteiger partial charge in [-0.25, -0.2) is 4.79 Å². The number of carboxylic acid groups (broad SMARTS) is 1. The molecule has 0 aliphatic carbocycles. The number of carbonyl (C=O) groups is 1. The van der Waals surface area contributed by atoms with Gasteiger partial charge in [0.25, 0.3) is 0 Å². The van der Waals surface area contributed by atoms with Gasteiger partial charge >= 0.3 is 6.09 Å². The maximum atomic E-state index is 11.2. The third-order valence-corrected chi connectivity index (χ3v) is 5.99. The highest BCUT2D eigenvalue weighted by Crippen LogP contribution is 2.24. The summed E-state index contributed by atoms with van der Waals surface area (Å²) < 4.78 is 5.21. The lowest BCUT2D eigenvalue weighted by atomic mass is 9.85. The SMILES string of the molecule is CCCCCCCCCCCCCCCCCC(C)(CC(C)COC)NC(=O)O. The van der Waals surface area contributed by atoms with Gasteiger partial charge in [-0.15, -0.1) is 0 Å². The monoisotopic (exact) mass is 413 g/mol. The minimum atomic E-state index is -0.918. The zero-order valence-corrected chi connectivity index (χ0v) is 20.1. The van der Waals surface area contributed by atoms with E-state index in [1.807, 2.05) is 6.92 Å². The van der Waals surface area contributed by atoms with Crippen LogP contribution in [0, 0.1) is 5.92 Å². The summed E-state index contributed by atoms with van der Waals surface area (Å²) in [5.74, 6) is 0.355. The van der Waals surface area contributed by atoms with Crippen LogP contribution >= 0.6 is 0 Å². The molecule has 29 heavy (non-hydrogen) atoms. The number of rotatable bonds is 21. The van der Waals surface area contributed by atoms with Crippen LogP contribution in [0.2, 0.25) is 0 Å². The molecular weight excluding hydrogens is 362 g/mol. The summed E-state index contributed by atoms with van der Waals surface area (Å²) in [6.07, 6.45) is 21.1. The van der Waals surface area contributed by atoms with Crippen LogP contribution in [0.5, 0.6) is 0 Å². The van der Waals surface area contributed by atoms with Crippen LogP contribution in [-0.4, -0.2) is 30.5 Å². The molecule has 174 valence electrons. The highest BCUT2D eigenvalue weighted by Gasteiger charge is 2.28. The molecule has 2 N–H and O–H groups in total. The second-order valence-electron chi connectivity index (χ2n) is 9.46. The van der Waals surface area contributed by atoms with Crippen molar-refractivity contribution >= 4 is 6.09 Å². The van der Waals surface area contributed by atoms with Crippen LogP contribution in [0.1, 0.15) is 130 Å². The highest BCUT2D eigenvalue weighted by molar-refractivity contribution is 5.65. The predicted octanol–water partition coefficient (Wildman–Crippen LogP) is 7.95. The minimum absolute atomic E-state index is 0.347. The first kappa shape index (κ1) is 28.2. The summed E-state index contributed by atoms with van der Waals surface area (Å²) in [5.41, 5.74) is -0.347. The van der Waals surface area contributed by atoms with Crippen LogP contribution in [0.3, 0.4) is 0 Å². The van der Waals surface area contributed by atoms with Gasteiger partial charge in [0.05, 0.1) is 0 Å². The molecule has 0 saturated carbocycles. The molecule has 2 unspecified atom stereocenters. The molecule has 0 aromatic rings. The Bertz CT molecular complexity index is 375. The Balaban J connectivity index is 3.63. The molecule has 0 heterocycles. The Morgan fingerprint density at radius 2 is 1.28 bits per heavy atom. The lowest BCUT2D eigenvalue weighted by Gasteiger charge is -2.32. The van der Waals surface area contributed by atoms with Crippen molar-refractivity contribution in [3.63, 3.8) is 0 Å². The highest BCUT2D eigenvalue weighted by atomic mass is 16.5. The van der Waals surface area contributed by atoms with Crippen LogP contribution in [0.25, 0.3) is 0 Å². The number of unbranched alkanes of at least 4 members (excludes halogenated alkanes) is 14. The molecule has 0 radical (unpaired) electrons. The van der Waals surface area contributed by atoms with Gasteiger partial charge < -0.3 is 15.2 Å². The standard InChI is InChI=1S/C25H51NO3/c1-5-6-7-8-9-10-11-12-13-14-15-16-17-18-19-20-25(3,26-24(27)28)21-23(2)22-29-4/h23,26H,5-22H2,1-4H3,(H,27,28). The molecule has 0 aliphatic rings. The van der Waals surface area contributed by atoms with E-state index in [1.54, 1.807) is 7.11 Å². The van der Waals surface area contributed by atoms with Crippen molar-refractivity contribution in [1.29, 1.82) is 0 Å². The summed E-state index contributed by atoms with van der Waals surface area (Å²) in [7, 11) is 1.70. The molecule has 1 amide bonds. The first-order valence-corrected chi connectivity index (χ1v) is 12.4. The van der Waals surface area contributed by atoms with Crippen molar-refractivity contribution < 1.29 is 14.6 Å². The maximum Gasteiger partial charge on any atom is 0.405 e. The molecule has 0 aromatic carbocycles. The Morgan fingerprint density at radius 1 is 0.862 bits per heavy atom. The Hall–Kier alpha value is -0.770. The lowest BCUT2D eigenvalue weighted by Crippen LogP contribution is -2.46. The predicted molar refractivity (Wildman–Crippen MR) is 125 cm³/mol. The van der Waals surface area contributed by atoms with E-state index in [1.165, 1.54) is 89.9 Å². The zero-order valence-electron chi connectivity index (χ0n) is 20.1. The summed E-state index contributed by atoms with van der Waals surface area (Å²) in [5, 5.41) is 11.9. The van der Waals surface area contributed by atoms with Crippen molar-refractivity contribution in [3.8, 4) is 0 Å². The fourth-order valence-electron chi connectivity index (χ4n) is 4.47. The second-order valence-corrected chi connectivity index (χ2v) is 9.46. The van der Waals surface area contributed by atoms with Crippen molar-refractivity contribution in [2.45, 2.75) is 135 Å². The van der Waals surface area contributed by atoms with Crippen molar-refractivity contribution in [1.82, 2.24) is 5.32 Å². The molecule has 0 spiro atoms. The molecule has 0 bridgehead atoms. The molecule has 0 fully saturated rings. The number of nitrogens with one attached hydrogen (secondary N) is 1. The average molecular weight is 414 g/mol. The molecule has 0 saturated heterocycles. The van der Waals surface area contributed by atoms with Crippen LogP contribution < -0.4 is 5.32 Å². The van der Waals surface area contributed by atoms with Gasteiger partial charge in [-0.1, -0.05) is 110 Å². The van der Waals surface area contributed by atoms with Crippen LogP contribution in [-0.2, 0) is 4.74 Å². The first-order valence-electron chi connectivity index (χ1n) is 12.4. The normalized spacial score (nSPS) is 14.5. The molecule has 4 nitrogen and oxygen atoms in total. The van der Waals surface area contributed by atoms with Gasteiger partial charge in [0.15, 0.2) is 0 Å².